The Morgan fingerprint density at radius 1 is 1.07 bits per heavy atom. The van der Waals surface area contributed by atoms with Crippen LogP contribution in [0.25, 0.3) is 0 Å². The van der Waals surface area contributed by atoms with Gasteiger partial charge in [-0.25, -0.2) is 8.42 Å². The molecule has 7 heteroatoms. The van der Waals surface area contributed by atoms with E-state index in [0.717, 1.165) is 25.9 Å². The van der Waals surface area contributed by atoms with Gasteiger partial charge >= 0.3 is 0 Å². The molecule has 0 spiro atoms. The van der Waals surface area contributed by atoms with Gasteiger partial charge in [-0.3, -0.25) is 4.31 Å². The number of rotatable bonds is 8. The van der Waals surface area contributed by atoms with Crippen LogP contribution in [0, 0.1) is 0 Å². The highest BCUT2D eigenvalue weighted by molar-refractivity contribution is 7.92. The van der Waals surface area contributed by atoms with E-state index in [-0.39, 0.29) is 11.4 Å². The van der Waals surface area contributed by atoms with Gasteiger partial charge in [0.2, 0.25) is 0 Å². The van der Waals surface area contributed by atoms with E-state index in [9.17, 15) is 13.5 Å². The van der Waals surface area contributed by atoms with E-state index >= 15 is 0 Å². The van der Waals surface area contributed by atoms with Crippen molar-refractivity contribution >= 4 is 15.7 Å². The summed E-state index contributed by atoms with van der Waals surface area (Å²) < 4.78 is 32.9. The van der Waals surface area contributed by atoms with Crippen LogP contribution in [-0.4, -0.2) is 52.9 Å². The van der Waals surface area contributed by atoms with Crippen molar-refractivity contribution < 1.29 is 23.2 Å². The molecule has 0 saturated carbocycles. The summed E-state index contributed by atoms with van der Waals surface area (Å²) in [4.78, 5) is 1.54. The Hall–Kier alpha value is -2.09. The molecule has 1 aliphatic rings. The van der Waals surface area contributed by atoms with Gasteiger partial charge in [-0.1, -0.05) is 18.2 Å². The zero-order valence-electron chi connectivity index (χ0n) is 15.5. The van der Waals surface area contributed by atoms with Crippen LogP contribution in [0.15, 0.2) is 59.5 Å². The standard InChI is InChI=1S/C20H26N2O4S/c1-26-19-11-9-17(10-12-19)22(16-18(23)15-21-13-5-6-14-21)27(24,25)20-7-3-2-4-8-20/h2-4,7-12,18,23H,5-6,13-16H2,1H3/p+1/t18-/m0/s1. The average Bonchev–Trinajstić information content (AvgIpc) is 3.20. The molecule has 146 valence electrons. The first-order valence-corrected chi connectivity index (χ1v) is 10.7. The fourth-order valence-corrected chi connectivity index (χ4v) is 5.00. The molecule has 0 aromatic heterocycles. The molecule has 1 saturated heterocycles. The third-order valence-corrected chi connectivity index (χ3v) is 6.71. The van der Waals surface area contributed by atoms with Gasteiger partial charge in [0.1, 0.15) is 18.4 Å². The first kappa shape index (κ1) is 19.7. The quantitative estimate of drug-likeness (QED) is 0.702. The number of quaternary nitrogens is 1. The third-order valence-electron chi connectivity index (χ3n) is 4.90. The van der Waals surface area contributed by atoms with Crippen molar-refractivity contribution in [2.24, 2.45) is 0 Å². The molecule has 0 unspecified atom stereocenters. The summed E-state index contributed by atoms with van der Waals surface area (Å²) in [5.74, 6) is 0.651. The summed E-state index contributed by atoms with van der Waals surface area (Å²) in [6.07, 6.45) is 1.58. The summed E-state index contributed by atoms with van der Waals surface area (Å²) in [7, 11) is -2.21. The summed E-state index contributed by atoms with van der Waals surface area (Å²) >= 11 is 0. The third kappa shape index (κ3) is 4.80. The van der Waals surface area contributed by atoms with Crippen molar-refractivity contribution in [3.63, 3.8) is 0 Å². The minimum absolute atomic E-state index is 0.0209. The zero-order chi connectivity index (χ0) is 19.3. The van der Waals surface area contributed by atoms with Crippen LogP contribution in [0.4, 0.5) is 5.69 Å². The Bertz CT molecular complexity index is 819. The first-order chi connectivity index (χ1) is 13.0. The Balaban J connectivity index is 1.87. The van der Waals surface area contributed by atoms with E-state index < -0.39 is 16.1 Å². The molecule has 2 N–H and O–H groups in total. The number of aliphatic hydroxyl groups is 1. The van der Waals surface area contributed by atoms with Crippen LogP contribution in [0.1, 0.15) is 12.8 Å². The summed E-state index contributed by atoms with van der Waals surface area (Å²) in [5.41, 5.74) is 0.509. The largest absolute Gasteiger partial charge is 0.497 e. The summed E-state index contributed by atoms with van der Waals surface area (Å²) in [6, 6.07) is 15.2. The van der Waals surface area contributed by atoms with Gasteiger partial charge in [0.25, 0.3) is 10.0 Å². The number of hydrogen-bond donors (Lipinski definition) is 2. The molecule has 3 rings (SSSR count). The lowest BCUT2D eigenvalue weighted by Crippen LogP contribution is -3.11. The molecule has 2 aromatic rings. The Labute approximate surface area is 161 Å². The predicted molar refractivity (Wildman–Crippen MR) is 105 cm³/mol. The van der Waals surface area contributed by atoms with E-state index in [1.54, 1.807) is 61.7 Å². The number of aliphatic hydroxyl groups excluding tert-OH is 1. The van der Waals surface area contributed by atoms with Crippen molar-refractivity contribution in [1.82, 2.24) is 0 Å². The second-order valence-electron chi connectivity index (χ2n) is 6.86. The Kier molecular flexibility index (Phi) is 6.36. The number of benzene rings is 2. The van der Waals surface area contributed by atoms with Gasteiger partial charge in [-0.2, -0.15) is 0 Å². The molecule has 2 aromatic carbocycles. The van der Waals surface area contributed by atoms with Crippen molar-refractivity contribution in [3.05, 3.63) is 54.6 Å². The van der Waals surface area contributed by atoms with Crippen molar-refractivity contribution in [2.75, 3.05) is 37.6 Å². The maximum Gasteiger partial charge on any atom is 0.264 e. The SMILES string of the molecule is COc1ccc(N(C[C@@H](O)C[NH+]2CCCC2)S(=O)(=O)c2ccccc2)cc1. The van der Waals surface area contributed by atoms with Crippen LogP contribution in [-0.2, 0) is 10.0 Å². The van der Waals surface area contributed by atoms with E-state index in [2.05, 4.69) is 0 Å². The molecule has 1 heterocycles. The molecule has 1 atom stereocenters. The fourth-order valence-electron chi connectivity index (χ4n) is 3.48. The van der Waals surface area contributed by atoms with Crippen molar-refractivity contribution in [1.29, 1.82) is 0 Å². The van der Waals surface area contributed by atoms with Gasteiger partial charge in [-0.05, 0) is 36.4 Å². The Morgan fingerprint density at radius 2 is 1.70 bits per heavy atom. The normalized spacial score (nSPS) is 16.2. The smallest absolute Gasteiger partial charge is 0.264 e. The number of nitrogens with zero attached hydrogens (tertiary/aromatic N) is 1. The van der Waals surface area contributed by atoms with Crippen LogP contribution in [0.2, 0.25) is 0 Å². The molecule has 6 nitrogen and oxygen atoms in total. The van der Waals surface area contributed by atoms with Crippen LogP contribution in [0.3, 0.4) is 0 Å². The van der Waals surface area contributed by atoms with E-state index in [1.165, 1.54) is 9.21 Å². The zero-order valence-corrected chi connectivity index (χ0v) is 16.4. The lowest BCUT2D eigenvalue weighted by molar-refractivity contribution is -0.890. The summed E-state index contributed by atoms with van der Waals surface area (Å²) in [6.45, 7) is 2.64. The predicted octanol–water partition coefficient (Wildman–Crippen LogP) is 0.930. The number of methoxy groups -OCH3 is 1. The molecule has 0 amide bonds. The monoisotopic (exact) mass is 391 g/mol. The van der Waals surface area contributed by atoms with Crippen LogP contribution < -0.4 is 13.9 Å². The highest BCUT2D eigenvalue weighted by atomic mass is 32.2. The first-order valence-electron chi connectivity index (χ1n) is 9.24. The maximum absolute atomic E-state index is 13.2. The van der Waals surface area contributed by atoms with E-state index in [0.29, 0.717) is 18.0 Å². The molecule has 0 radical (unpaired) electrons. The highest BCUT2D eigenvalue weighted by Gasteiger charge is 2.29. The minimum Gasteiger partial charge on any atom is -0.497 e. The summed E-state index contributed by atoms with van der Waals surface area (Å²) in [5, 5.41) is 10.6. The molecule has 1 fully saturated rings. The van der Waals surface area contributed by atoms with E-state index in [1.807, 2.05) is 0 Å². The second-order valence-corrected chi connectivity index (χ2v) is 8.72. The second kappa shape index (κ2) is 8.73. The molecule has 27 heavy (non-hydrogen) atoms. The van der Waals surface area contributed by atoms with Gasteiger partial charge in [0, 0.05) is 12.8 Å². The van der Waals surface area contributed by atoms with Crippen molar-refractivity contribution in [2.45, 2.75) is 23.8 Å². The number of sulfonamides is 1. The van der Waals surface area contributed by atoms with Crippen LogP contribution in [0.5, 0.6) is 5.75 Å². The highest BCUT2D eigenvalue weighted by Crippen LogP contribution is 2.26. The molecule has 0 aliphatic carbocycles. The molecular formula is C20H27N2O4S+. The number of nitrogens with one attached hydrogen (secondary N) is 1. The molecule has 0 bridgehead atoms. The molecular weight excluding hydrogens is 364 g/mol. The van der Waals surface area contributed by atoms with Gasteiger partial charge in [-0.15, -0.1) is 0 Å². The number of likely N-dealkylation sites (tertiary alicyclic amines) is 1. The minimum atomic E-state index is -3.78. The van der Waals surface area contributed by atoms with Crippen LogP contribution >= 0.6 is 0 Å². The number of hydrogen-bond acceptors (Lipinski definition) is 4. The maximum atomic E-state index is 13.2. The Morgan fingerprint density at radius 3 is 2.30 bits per heavy atom. The average molecular weight is 392 g/mol. The van der Waals surface area contributed by atoms with Gasteiger partial charge in [0.05, 0.1) is 37.3 Å². The number of ether oxygens (including phenoxy) is 1. The van der Waals surface area contributed by atoms with E-state index in [4.69, 9.17) is 4.74 Å². The van der Waals surface area contributed by atoms with Gasteiger partial charge < -0.3 is 14.7 Å². The lowest BCUT2D eigenvalue weighted by atomic mass is 10.2. The number of anilines is 1. The lowest BCUT2D eigenvalue weighted by Gasteiger charge is -2.27. The van der Waals surface area contributed by atoms with Crippen molar-refractivity contribution in [3.8, 4) is 5.75 Å². The fraction of sp³-hybridized carbons (Fsp3) is 0.400. The van der Waals surface area contributed by atoms with Gasteiger partial charge in [0.15, 0.2) is 0 Å². The topological polar surface area (TPSA) is 71.3 Å². The molecule has 1 aliphatic heterocycles.